The zero-order valence-electron chi connectivity index (χ0n) is 11.3. The van der Waals surface area contributed by atoms with E-state index in [0.29, 0.717) is 16.0 Å². The van der Waals surface area contributed by atoms with Gasteiger partial charge in [-0.15, -0.1) is 0 Å². The topological polar surface area (TPSA) is 18.5 Å². The first-order valence-corrected chi connectivity index (χ1v) is 8.49. The predicted molar refractivity (Wildman–Crippen MR) is 92.1 cm³/mol. The molecule has 2 nitrogen and oxygen atoms in total. The molecule has 0 spiro atoms. The molecule has 0 amide bonds. The van der Waals surface area contributed by atoms with Gasteiger partial charge in [-0.1, -0.05) is 44.0 Å². The van der Waals surface area contributed by atoms with E-state index < -0.39 is 0 Å². The van der Waals surface area contributed by atoms with Crippen LogP contribution in [0.25, 0.3) is 0 Å². The van der Waals surface area contributed by atoms with Gasteiger partial charge in [-0.25, -0.2) is 4.39 Å². The van der Waals surface area contributed by atoms with Crippen molar-refractivity contribution in [1.29, 1.82) is 0 Å². The third-order valence-corrected chi connectivity index (χ3v) is 5.45. The minimum absolute atomic E-state index is 0.148. The Morgan fingerprint density at radius 3 is 2.24 bits per heavy atom. The predicted octanol–water partition coefficient (Wildman–Crippen LogP) is 5.85. The molecule has 6 heteroatoms. The molecule has 0 bridgehead atoms. The lowest BCUT2D eigenvalue weighted by atomic mass is 10.0. The van der Waals surface area contributed by atoms with E-state index in [2.05, 4.69) is 47.8 Å². The van der Waals surface area contributed by atoms with E-state index in [1.165, 1.54) is 12.1 Å². The Labute approximate surface area is 148 Å². The summed E-state index contributed by atoms with van der Waals surface area (Å²) < 4.78 is 25.4. The number of benzene rings is 2. The lowest BCUT2D eigenvalue weighted by Gasteiger charge is -2.18. The van der Waals surface area contributed by atoms with E-state index in [1.807, 2.05) is 12.1 Å². The lowest BCUT2D eigenvalue weighted by molar-refractivity contribution is 0.386. The van der Waals surface area contributed by atoms with E-state index >= 15 is 0 Å². The van der Waals surface area contributed by atoms with Crippen molar-refractivity contribution in [1.82, 2.24) is 0 Å². The number of alkyl halides is 1. The van der Waals surface area contributed by atoms with Crippen LogP contribution in [-0.4, -0.2) is 14.2 Å². The number of rotatable bonds is 4. The summed E-state index contributed by atoms with van der Waals surface area (Å²) in [6, 6.07) is 8.37. The van der Waals surface area contributed by atoms with Crippen LogP contribution in [0.2, 0.25) is 0 Å². The Morgan fingerprint density at radius 1 is 1.00 bits per heavy atom. The van der Waals surface area contributed by atoms with Crippen molar-refractivity contribution in [3.05, 3.63) is 56.2 Å². The fourth-order valence-electron chi connectivity index (χ4n) is 1.99. The SMILES string of the molecule is COc1ccc(C(Br)c2ccc(F)cc2Br)c(OC)c1Br. The Hall–Kier alpha value is -0.590. The van der Waals surface area contributed by atoms with Gasteiger partial charge in [0.25, 0.3) is 0 Å². The number of ether oxygens (including phenoxy) is 2. The maximum Gasteiger partial charge on any atom is 0.141 e. The third kappa shape index (κ3) is 3.43. The molecule has 0 heterocycles. The summed E-state index contributed by atoms with van der Waals surface area (Å²) in [5, 5.41) is 0. The number of methoxy groups -OCH3 is 2. The largest absolute Gasteiger partial charge is 0.495 e. The standard InChI is InChI=1S/C15H12Br3FO2/c1-20-12-6-5-10(15(21-2)14(12)18)13(17)9-4-3-8(19)7-11(9)16/h3-7,13H,1-2H3. The minimum atomic E-state index is -0.284. The third-order valence-electron chi connectivity index (χ3n) is 3.02. The van der Waals surface area contributed by atoms with Gasteiger partial charge in [0.15, 0.2) is 0 Å². The molecule has 2 aromatic rings. The van der Waals surface area contributed by atoms with Crippen LogP contribution < -0.4 is 9.47 Å². The average Bonchev–Trinajstić information content (AvgIpc) is 2.46. The van der Waals surface area contributed by atoms with Crippen LogP contribution in [0.15, 0.2) is 39.3 Å². The van der Waals surface area contributed by atoms with Gasteiger partial charge in [-0.05, 0) is 39.7 Å². The van der Waals surface area contributed by atoms with Crippen molar-refractivity contribution in [3.63, 3.8) is 0 Å². The summed E-state index contributed by atoms with van der Waals surface area (Å²) in [6.07, 6.45) is 0. The van der Waals surface area contributed by atoms with E-state index in [-0.39, 0.29) is 10.6 Å². The molecule has 21 heavy (non-hydrogen) atoms. The molecule has 0 aliphatic heterocycles. The number of hydrogen-bond donors (Lipinski definition) is 0. The van der Waals surface area contributed by atoms with Crippen molar-refractivity contribution in [2.75, 3.05) is 14.2 Å². The Bertz CT molecular complexity index is 662. The fourth-order valence-corrected chi connectivity index (χ4v) is 4.32. The first kappa shape index (κ1) is 16.8. The lowest BCUT2D eigenvalue weighted by Crippen LogP contribution is -2.00. The monoisotopic (exact) mass is 480 g/mol. The fraction of sp³-hybridized carbons (Fsp3) is 0.200. The normalized spacial score (nSPS) is 12.1. The number of hydrogen-bond acceptors (Lipinski definition) is 2. The zero-order valence-corrected chi connectivity index (χ0v) is 16.1. The quantitative estimate of drug-likeness (QED) is 0.509. The average molecular weight is 483 g/mol. The molecule has 0 aromatic heterocycles. The van der Waals surface area contributed by atoms with Crippen molar-refractivity contribution in [2.45, 2.75) is 4.83 Å². The number of halogens is 4. The summed E-state index contributed by atoms with van der Waals surface area (Å²) in [5.74, 6) is 1.08. The molecular weight excluding hydrogens is 471 g/mol. The molecule has 0 aliphatic rings. The van der Waals surface area contributed by atoms with Crippen molar-refractivity contribution >= 4 is 47.8 Å². The Kier molecular flexibility index (Phi) is 5.68. The highest BCUT2D eigenvalue weighted by Gasteiger charge is 2.21. The van der Waals surface area contributed by atoms with Gasteiger partial charge >= 0.3 is 0 Å². The zero-order chi connectivity index (χ0) is 15.6. The summed E-state index contributed by atoms with van der Waals surface area (Å²) in [7, 11) is 3.20. The maximum absolute atomic E-state index is 13.2. The van der Waals surface area contributed by atoms with Gasteiger partial charge in [0.2, 0.25) is 0 Å². The summed E-state index contributed by atoms with van der Waals surface area (Å²) >= 11 is 10.5. The molecule has 0 saturated heterocycles. The molecule has 0 saturated carbocycles. The second kappa shape index (κ2) is 7.11. The highest BCUT2D eigenvalue weighted by molar-refractivity contribution is 9.11. The molecule has 2 rings (SSSR count). The summed E-state index contributed by atoms with van der Waals surface area (Å²) in [5.41, 5.74) is 1.82. The van der Waals surface area contributed by atoms with Crippen LogP contribution in [0.4, 0.5) is 4.39 Å². The van der Waals surface area contributed by atoms with Gasteiger partial charge < -0.3 is 9.47 Å². The summed E-state index contributed by atoms with van der Waals surface area (Å²) in [4.78, 5) is -0.148. The molecule has 2 aromatic carbocycles. The van der Waals surface area contributed by atoms with Crippen molar-refractivity contribution < 1.29 is 13.9 Å². The van der Waals surface area contributed by atoms with Crippen LogP contribution in [-0.2, 0) is 0 Å². The Morgan fingerprint density at radius 2 is 1.67 bits per heavy atom. The van der Waals surface area contributed by atoms with Gasteiger partial charge in [-0.3, -0.25) is 0 Å². The van der Waals surface area contributed by atoms with Crippen LogP contribution in [0.3, 0.4) is 0 Å². The summed E-state index contributed by atoms with van der Waals surface area (Å²) in [6.45, 7) is 0. The van der Waals surface area contributed by atoms with Crippen LogP contribution in [0.1, 0.15) is 16.0 Å². The molecular formula is C15H12Br3FO2. The molecule has 1 atom stereocenters. The smallest absolute Gasteiger partial charge is 0.141 e. The molecule has 0 radical (unpaired) electrons. The molecule has 0 aliphatic carbocycles. The second-order valence-electron chi connectivity index (χ2n) is 4.23. The molecule has 1 unspecified atom stereocenters. The van der Waals surface area contributed by atoms with Gasteiger partial charge in [-0.2, -0.15) is 0 Å². The molecule has 112 valence electrons. The first-order valence-electron chi connectivity index (χ1n) is 5.99. The second-order valence-corrected chi connectivity index (χ2v) is 6.80. The van der Waals surface area contributed by atoms with Crippen LogP contribution in [0, 0.1) is 5.82 Å². The van der Waals surface area contributed by atoms with Gasteiger partial charge in [0, 0.05) is 10.0 Å². The van der Waals surface area contributed by atoms with Crippen molar-refractivity contribution in [3.8, 4) is 11.5 Å². The highest BCUT2D eigenvalue weighted by atomic mass is 79.9. The van der Waals surface area contributed by atoms with E-state index in [4.69, 9.17) is 9.47 Å². The highest BCUT2D eigenvalue weighted by Crippen LogP contribution is 2.45. The van der Waals surface area contributed by atoms with Gasteiger partial charge in [0.1, 0.15) is 21.8 Å². The minimum Gasteiger partial charge on any atom is -0.495 e. The van der Waals surface area contributed by atoms with Crippen LogP contribution in [0.5, 0.6) is 11.5 Å². The van der Waals surface area contributed by atoms with Crippen molar-refractivity contribution in [2.24, 2.45) is 0 Å². The maximum atomic E-state index is 13.2. The van der Waals surface area contributed by atoms with E-state index in [9.17, 15) is 4.39 Å². The van der Waals surface area contributed by atoms with E-state index in [1.54, 1.807) is 20.3 Å². The molecule has 0 N–H and O–H groups in total. The van der Waals surface area contributed by atoms with E-state index in [0.717, 1.165) is 15.6 Å². The molecule has 0 fully saturated rings. The van der Waals surface area contributed by atoms with Crippen LogP contribution >= 0.6 is 47.8 Å². The Balaban J connectivity index is 2.52. The first-order chi connectivity index (χ1) is 9.99. The van der Waals surface area contributed by atoms with Gasteiger partial charge in [0.05, 0.1) is 19.0 Å².